The summed E-state index contributed by atoms with van der Waals surface area (Å²) in [4.78, 5) is 12.2. The molecule has 0 amide bonds. The van der Waals surface area contributed by atoms with Crippen LogP contribution in [0.2, 0.25) is 0 Å². The van der Waals surface area contributed by atoms with E-state index in [2.05, 4.69) is 44.3 Å². The van der Waals surface area contributed by atoms with Crippen LogP contribution in [0.4, 0.5) is 0 Å². The summed E-state index contributed by atoms with van der Waals surface area (Å²) in [6.07, 6.45) is 3.57. The predicted octanol–water partition coefficient (Wildman–Crippen LogP) is 1.62. The first kappa shape index (κ1) is 9.18. The van der Waals surface area contributed by atoms with Crippen LogP contribution in [-0.4, -0.2) is 34.4 Å². The van der Waals surface area contributed by atoms with Crippen molar-refractivity contribution >= 4 is 52.5 Å². The average molecular weight is 281 g/mol. The van der Waals surface area contributed by atoms with Gasteiger partial charge in [-0.1, -0.05) is 22.6 Å². The quantitative estimate of drug-likeness (QED) is 0.311. The maximum atomic E-state index is 4.11. The van der Waals surface area contributed by atoms with E-state index in [0.717, 1.165) is 5.04 Å². The molecule has 0 bridgehead atoms. The smallest absolute Gasteiger partial charge is 0.131 e. The van der Waals surface area contributed by atoms with Crippen molar-refractivity contribution in [3.8, 4) is 0 Å². The molecular weight excluding hydrogens is 273 g/mol. The fraction of sp³-hybridized carbons (Fsp3) is 0.500. The Morgan fingerprint density at radius 1 is 1.82 bits per heavy atom. The maximum Gasteiger partial charge on any atom is 0.131 e. The number of aliphatic imine (C=N–C) groups is 3. The summed E-state index contributed by atoms with van der Waals surface area (Å²) in [5, 5.41) is 0.995. The number of thioether (sulfide) groups is 1. The molecule has 0 aromatic rings. The number of hydrogen-bond donors (Lipinski definition) is 0. The van der Waals surface area contributed by atoms with Crippen LogP contribution >= 0.6 is 34.4 Å². The first-order valence-electron chi connectivity index (χ1n) is 3.03. The molecule has 1 rings (SSSR count). The van der Waals surface area contributed by atoms with Gasteiger partial charge in [-0.05, 0) is 13.0 Å². The lowest BCUT2D eigenvalue weighted by molar-refractivity contribution is 0.846. The van der Waals surface area contributed by atoms with E-state index in [9.17, 15) is 0 Å². The van der Waals surface area contributed by atoms with Crippen LogP contribution in [0.15, 0.2) is 15.0 Å². The number of halogens is 1. The lowest BCUT2D eigenvalue weighted by atomic mass is 10.3. The highest BCUT2D eigenvalue weighted by Crippen LogP contribution is 2.20. The van der Waals surface area contributed by atoms with Crippen LogP contribution in [0.5, 0.6) is 0 Å². The van der Waals surface area contributed by atoms with E-state index < -0.39 is 0 Å². The summed E-state index contributed by atoms with van der Waals surface area (Å²) in [6.45, 7) is 3.51. The van der Waals surface area contributed by atoms with E-state index in [4.69, 9.17) is 0 Å². The highest BCUT2D eigenvalue weighted by Gasteiger charge is 2.23. The van der Waals surface area contributed by atoms with E-state index in [-0.39, 0.29) is 10.1 Å². The molecule has 11 heavy (non-hydrogen) atoms. The molecule has 2 atom stereocenters. The van der Waals surface area contributed by atoms with Crippen molar-refractivity contribution in [1.29, 1.82) is 0 Å². The molecule has 0 aliphatic carbocycles. The first-order chi connectivity index (χ1) is 5.29. The van der Waals surface area contributed by atoms with Crippen molar-refractivity contribution in [2.75, 3.05) is 6.26 Å². The Balaban J connectivity index is 2.81. The number of rotatable bonds is 1. The molecule has 5 heteroatoms. The van der Waals surface area contributed by atoms with Crippen molar-refractivity contribution in [2.45, 2.75) is 10.1 Å². The van der Waals surface area contributed by atoms with Gasteiger partial charge in [-0.25, -0.2) is 4.99 Å². The highest BCUT2D eigenvalue weighted by atomic mass is 127. The Bertz CT molecular complexity index is 214. The summed E-state index contributed by atoms with van der Waals surface area (Å²) in [5.41, 5.74) is 0. The zero-order valence-electron chi connectivity index (χ0n) is 6.07. The number of hydrogen-bond acceptors (Lipinski definition) is 4. The fourth-order valence-corrected chi connectivity index (χ4v) is 2.32. The maximum absolute atomic E-state index is 4.11. The van der Waals surface area contributed by atoms with E-state index in [0.29, 0.717) is 0 Å². The minimum atomic E-state index is 0.0515. The van der Waals surface area contributed by atoms with Crippen molar-refractivity contribution < 1.29 is 0 Å². The standard InChI is InChI=1S/C6H8IN3S/c1-8-4-5(7)9-3-10-6(4)11-2/h3-5H,1H2,2H3. The zero-order valence-corrected chi connectivity index (χ0v) is 9.04. The van der Waals surface area contributed by atoms with Crippen molar-refractivity contribution in [2.24, 2.45) is 15.0 Å². The third-order valence-corrected chi connectivity index (χ3v) is 3.08. The van der Waals surface area contributed by atoms with Gasteiger partial charge in [-0.15, -0.1) is 11.8 Å². The van der Waals surface area contributed by atoms with E-state index >= 15 is 0 Å². The molecule has 0 aromatic carbocycles. The van der Waals surface area contributed by atoms with E-state index in [1.165, 1.54) is 0 Å². The van der Waals surface area contributed by atoms with Gasteiger partial charge in [0.1, 0.15) is 21.5 Å². The summed E-state index contributed by atoms with van der Waals surface area (Å²) < 4.78 is 0.157. The summed E-state index contributed by atoms with van der Waals surface area (Å²) in [6, 6.07) is 0.0515. The van der Waals surface area contributed by atoms with Crippen molar-refractivity contribution in [3.63, 3.8) is 0 Å². The second-order valence-electron chi connectivity index (χ2n) is 1.94. The molecule has 0 N–H and O–H groups in total. The van der Waals surface area contributed by atoms with Gasteiger partial charge in [-0.3, -0.25) is 9.98 Å². The normalized spacial score (nSPS) is 29.8. The Hall–Kier alpha value is 0.0900. The fourth-order valence-electron chi connectivity index (χ4n) is 0.768. The second-order valence-corrected chi connectivity index (χ2v) is 4.04. The van der Waals surface area contributed by atoms with Gasteiger partial charge in [-0.2, -0.15) is 0 Å². The lowest BCUT2D eigenvalue weighted by Gasteiger charge is -2.17. The second kappa shape index (κ2) is 4.20. The van der Waals surface area contributed by atoms with E-state index in [1.807, 2.05) is 6.26 Å². The van der Waals surface area contributed by atoms with Gasteiger partial charge >= 0.3 is 0 Å². The van der Waals surface area contributed by atoms with Crippen molar-refractivity contribution in [3.05, 3.63) is 0 Å². The number of nitrogens with zero attached hydrogens (tertiary/aromatic N) is 3. The Labute approximate surface area is 83.6 Å². The molecule has 0 aromatic heterocycles. The average Bonchev–Trinajstić information content (AvgIpc) is 2.04. The molecule has 0 saturated heterocycles. The Morgan fingerprint density at radius 3 is 3.00 bits per heavy atom. The topological polar surface area (TPSA) is 37.1 Å². The Kier molecular flexibility index (Phi) is 3.50. The van der Waals surface area contributed by atoms with Gasteiger partial charge in [0.15, 0.2) is 0 Å². The zero-order chi connectivity index (χ0) is 8.27. The molecular formula is C6H8IN3S. The van der Waals surface area contributed by atoms with Crippen molar-refractivity contribution in [1.82, 2.24) is 0 Å². The molecule has 60 valence electrons. The van der Waals surface area contributed by atoms with Gasteiger partial charge < -0.3 is 0 Å². The van der Waals surface area contributed by atoms with E-state index in [1.54, 1.807) is 18.1 Å². The molecule has 1 aliphatic heterocycles. The third kappa shape index (κ3) is 2.02. The molecule has 1 heterocycles. The van der Waals surface area contributed by atoms with Gasteiger partial charge in [0, 0.05) is 0 Å². The molecule has 0 saturated carbocycles. The lowest BCUT2D eigenvalue weighted by Crippen LogP contribution is -2.27. The van der Waals surface area contributed by atoms with Crippen LogP contribution in [0, 0.1) is 0 Å². The predicted molar refractivity (Wildman–Crippen MR) is 60.6 cm³/mol. The van der Waals surface area contributed by atoms with Crippen LogP contribution < -0.4 is 0 Å². The molecule has 0 spiro atoms. The summed E-state index contributed by atoms with van der Waals surface area (Å²) in [5.74, 6) is 0. The van der Waals surface area contributed by atoms with Gasteiger partial charge in [0.25, 0.3) is 0 Å². The third-order valence-electron chi connectivity index (χ3n) is 1.31. The summed E-state index contributed by atoms with van der Waals surface area (Å²) >= 11 is 3.83. The van der Waals surface area contributed by atoms with Crippen LogP contribution in [0.3, 0.4) is 0 Å². The minimum absolute atomic E-state index is 0.0515. The van der Waals surface area contributed by atoms with Crippen LogP contribution in [0.1, 0.15) is 0 Å². The SMILES string of the molecule is C=NC1C(SC)=NC=NC1I. The molecule has 2 unspecified atom stereocenters. The highest BCUT2D eigenvalue weighted by molar-refractivity contribution is 14.1. The minimum Gasteiger partial charge on any atom is -0.288 e. The molecule has 0 radical (unpaired) electrons. The monoisotopic (exact) mass is 281 g/mol. The Morgan fingerprint density at radius 2 is 2.55 bits per heavy atom. The first-order valence-corrected chi connectivity index (χ1v) is 5.50. The summed E-state index contributed by atoms with van der Waals surface area (Å²) in [7, 11) is 0. The molecule has 3 nitrogen and oxygen atoms in total. The van der Waals surface area contributed by atoms with Crippen LogP contribution in [0.25, 0.3) is 0 Å². The molecule has 0 fully saturated rings. The van der Waals surface area contributed by atoms with Gasteiger partial charge in [0.2, 0.25) is 0 Å². The largest absolute Gasteiger partial charge is 0.288 e. The molecule has 1 aliphatic rings. The van der Waals surface area contributed by atoms with Gasteiger partial charge in [0.05, 0.1) is 0 Å². The number of alkyl halides is 1. The van der Waals surface area contributed by atoms with Crippen LogP contribution in [-0.2, 0) is 0 Å².